The van der Waals surface area contributed by atoms with Crippen LogP contribution in [0.5, 0.6) is 0 Å². The largest absolute Gasteiger partial charge is 0.236 e. The molecule has 0 aliphatic carbocycles. The van der Waals surface area contributed by atoms with Gasteiger partial charge in [-0.1, -0.05) is 12.1 Å². The summed E-state index contributed by atoms with van der Waals surface area (Å²) in [6.07, 6.45) is 4.43. The number of rotatable bonds is 2. The number of para-hydroxylation sites is 1. The Labute approximate surface area is 134 Å². The lowest BCUT2D eigenvalue weighted by molar-refractivity contribution is 0.315. The van der Waals surface area contributed by atoms with Crippen molar-refractivity contribution >= 4 is 26.6 Å². The van der Waals surface area contributed by atoms with Crippen LogP contribution < -0.4 is 0 Å². The lowest BCUT2D eigenvalue weighted by Crippen LogP contribution is -2.37. The molecule has 1 aromatic carbocycles. The molecule has 7 nitrogen and oxygen atoms in total. The molecular weight excluding hydrogens is 314 g/mol. The molecule has 1 aliphatic heterocycles. The van der Waals surface area contributed by atoms with Gasteiger partial charge >= 0.3 is 0 Å². The van der Waals surface area contributed by atoms with Gasteiger partial charge in [-0.2, -0.15) is 0 Å². The molecule has 4 rings (SSSR count). The molecule has 1 aliphatic rings. The van der Waals surface area contributed by atoms with E-state index in [0.29, 0.717) is 13.1 Å². The molecule has 23 heavy (non-hydrogen) atoms. The molecule has 2 aromatic heterocycles. The quantitative estimate of drug-likeness (QED) is 0.709. The Hall–Kier alpha value is -2.06. The first kappa shape index (κ1) is 14.5. The highest BCUT2D eigenvalue weighted by Gasteiger charge is 2.28. The highest BCUT2D eigenvalue weighted by atomic mass is 32.2. The Morgan fingerprint density at radius 3 is 2.65 bits per heavy atom. The van der Waals surface area contributed by atoms with Crippen LogP contribution in [0, 0.1) is 0 Å². The first-order valence-electron chi connectivity index (χ1n) is 7.57. The van der Waals surface area contributed by atoms with Crippen LogP contribution in [-0.2, 0) is 10.0 Å². The van der Waals surface area contributed by atoms with Crippen molar-refractivity contribution in [1.29, 1.82) is 0 Å². The smallest absolute Gasteiger partial charge is 0.211 e. The van der Waals surface area contributed by atoms with Crippen LogP contribution in [-0.4, -0.2) is 51.7 Å². The fourth-order valence-corrected chi connectivity index (χ4v) is 3.99. The molecule has 0 unspecified atom stereocenters. The summed E-state index contributed by atoms with van der Waals surface area (Å²) in [6.45, 7) is 1.05. The molecule has 0 atom stereocenters. The van der Waals surface area contributed by atoms with E-state index in [2.05, 4.69) is 10.1 Å². The lowest BCUT2D eigenvalue weighted by atomic mass is 9.98. The van der Waals surface area contributed by atoms with Gasteiger partial charge in [0, 0.05) is 24.4 Å². The Kier molecular flexibility index (Phi) is 3.31. The number of fused-ring (bicyclic) bond motifs is 3. The number of hydrogen-bond acceptors (Lipinski definition) is 5. The summed E-state index contributed by atoms with van der Waals surface area (Å²) in [5.41, 5.74) is 1.70. The minimum atomic E-state index is -3.11. The van der Waals surface area contributed by atoms with Gasteiger partial charge in [-0.15, -0.1) is 5.10 Å². The number of aromatic nitrogens is 4. The second-order valence-electron chi connectivity index (χ2n) is 5.94. The summed E-state index contributed by atoms with van der Waals surface area (Å²) in [4.78, 5) is 9.08. The number of sulfonamides is 1. The third kappa shape index (κ3) is 2.57. The van der Waals surface area contributed by atoms with E-state index < -0.39 is 10.0 Å². The second-order valence-corrected chi connectivity index (χ2v) is 7.92. The van der Waals surface area contributed by atoms with Crippen molar-refractivity contribution in [3.63, 3.8) is 0 Å². The van der Waals surface area contributed by atoms with Crippen LogP contribution in [0.25, 0.3) is 16.6 Å². The third-order valence-electron chi connectivity index (χ3n) is 4.39. The average molecular weight is 331 g/mol. The maximum Gasteiger partial charge on any atom is 0.211 e. The van der Waals surface area contributed by atoms with Crippen molar-refractivity contribution in [3.8, 4) is 0 Å². The van der Waals surface area contributed by atoms with Gasteiger partial charge in [0.15, 0.2) is 11.5 Å². The summed E-state index contributed by atoms with van der Waals surface area (Å²) in [7, 11) is -3.11. The monoisotopic (exact) mass is 331 g/mol. The predicted octanol–water partition coefficient (Wildman–Crippen LogP) is 1.42. The molecule has 3 heterocycles. The fraction of sp³-hybridized carbons (Fsp3) is 0.400. The van der Waals surface area contributed by atoms with Gasteiger partial charge in [-0.05, 0) is 25.0 Å². The standard InChI is InChI=1S/C15H17N5O2S/c1-23(21,22)19-8-6-11(7-9-19)14-17-15-12-4-2-3-5-13(12)16-10-20(15)18-14/h2-5,10-11H,6-9H2,1H3. The Bertz CT molecular complexity index is 974. The predicted molar refractivity (Wildman–Crippen MR) is 86.7 cm³/mol. The van der Waals surface area contributed by atoms with Crippen molar-refractivity contribution < 1.29 is 8.42 Å². The molecule has 0 spiro atoms. The summed E-state index contributed by atoms with van der Waals surface area (Å²) < 4.78 is 26.4. The number of benzene rings is 1. The van der Waals surface area contributed by atoms with E-state index in [1.807, 2.05) is 24.3 Å². The van der Waals surface area contributed by atoms with E-state index in [9.17, 15) is 8.42 Å². The van der Waals surface area contributed by atoms with Gasteiger partial charge in [0.25, 0.3) is 0 Å². The van der Waals surface area contributed by atoms with Crippen LogP contribution in [0.2, 0.25) is 0 Å². The van der Waals surface area contributed by atoms with Gasteiger partial charge in [0.1, 0.15) is 6.33 Å². The lowest BCUT2D eigenvalue weighted by Gasteiger charge is -2.28. The third-order valence-corrected chi connectivity index (χ3v) is 5.69. The zero-order valence-corrected chi connectivity index (χ0v) is 13.6. The van der Waals surface area contributed by atoms with E-state index >= 15 is 0 Å². The van der Waals surface area contributed by atoms with Gasteiger partial charge in [-0.3, -0.25) is 0 Å². The second kappa shape index (κ2) is 5.24. The molecule has 1 saturated heterocycles. The Morgan fingerprint density at radius 2 is 1.91 bits per heavy atom. The summed E-state index contributed by atoms with van der Waals surface area (Å²) in [6, 6.07) is 7.85. The molecule has 0 saturated carbocycles. The van der Waals surface area contributed by atoms with Crippen LogP contribution in [0.1, 0.15) is 24.6 Å². The minimum absolute atomic E-state index is 0.187. The van der Waals surface area contributed by atoms with Crippen molar-refractivity contribution in [2.45, 2.75) is 18.8 Å². The summed E-state index contributed by atoms with van der Waals surface area (Å²) in [5.74, 6) is 0.961. The topological polar surface area (TPSA) is 80.5 Å². The number of nitrogens with zero attached hydrogens (tertiary/aromatic N) is 5. The Morgan fingerprint density at radius 1 is 1.17 bits per heavy atom. The minimum Gasteiger partial charge on any atom is -0.236 e. The van der Waals surface area contributed by atoms with E-state index in [0.717, 1.165) is 35.2 Å². The maximum atomic E-state index is 11.6. The normalized spacial score (nSPS) is 18.0. The van der Waals surface area contributed by atoms with E-state index in [-0.39, 0.29) is 5.92 Å². The first-order valence-corrected chi connectivity index (χ1v) is 9.42. The van der Waals surface area contributed by atoms with Gasteiger partial charge < -0.3 is 0 Å². The summed E-state index contributed by atoms with van der Waals surface area (Å²) >= 11 is 0. The molecule has 3 aromatic rings. The van der Waals surface area contributed by atoms with E-state index in [1.54, 1.807) is 10.8 Å². The van der Waals surface area contributed by atoms with Gasteiger partial charge in [-0.25, -0.2) is 27.2 Å². The molecule has 0 amide bonds. The average Bonchev–Trinajstić information content (AvgIpc) is 2.99. The SMILES string of the molecule is CS(=O)(=O)N1CCC(c2nc3c4ccccc4ncn3n2)CC1. The number of hydrogen-bond donors (Lipinski definition) is 0. The van der Waals surface area contributed by atoms with E-state index in [4.69, 9.17) is 4.98 Å². The van der Waals surface area contributed by atoms with Crippen LogP contribution in [0.4, 0.5) is 0 Å². The van der Waals surface area contributed by atoms with Gasteiger partial charge in [0.05, 0.1) is 11.8 Å². The fourth-order valence-electron chi connectivity index (χ4n) is 3.11. The van der Waals surface area contributed by atoms with Crippen LogP contribution >= 0.6 is 0 Å². The highest BCUT2D eigenvalue weighted by Crippen LogP contribution is 2.28. The molecule has 120 valence electrons. The molecule has 8 heteroatoms. The Balaban J connectivity index is 1.67. The van der Waals surface area contributed by atoms with Crippen molar-refractivity contribution in [2.75, 3.05) is 19.3 Å². The van der Waals surface area contributed by atoms with Crippen molar-refractivity contribution in [2.24, 2.45) is 0 Å². The van der Waals surface area contributed by atoms with Gasteiger partial charge in [0.2, 0.25) is 10.0 Å². The first-order chi connectivity index (χ1) is 11.0. The number of piperidine rings is 1. The maximum absolute atomic E-state index is 11.6. The van der Waals surface area contributed by atoms with E-state index in [1.165, 1.54) is 10.6 Å². The molecule has 0 bridgehead atoms. The van der Waals surface area contributed by atoms with Crippen LogP contribution in [0.3, 0.4) is 0 Å². The molecule has 1 fully saturated rings. The highest BCUT2D eigenvalue weighted by molar-refractivity contribution is 7.88. The molecular formula is C15H17N5O2S. The summed E-state index contributed by atoms with van der Waals surface area (Å²) in [5, 5.41) is 5.52. The van der Waals surface area contributed by atoms with Crippen molar-refractivity contribution in [1.82, 2.24) is 23.9 Å². The molecule has 0 N–H and O–H groups in total. The zero-order chi connectivity index (χ0) is 16.0. The zero-order valence-electron chi connectivity index (χ0n) is 12.8. The van der Waals surface area contributed by atoms with Crippen molar-refractivity contribution in [3.05, 3.63) is 36.4 Å². The molecule has 0 radical (unpaired) electrons. The van der Waals surface area contributed by atoms with Crippen LogP contribution in [0.15, 0.2) is 30.6 Å².